The molecule has 0 aromatic carbocycles. The molecule has 1 atom stereocenters. The van der Waals surface area contributed by atoms with E-state index in [0.29, 0.717) is 18.5 Å². The van der Waals surface area contributed by atoms with Gasteiger partial charge < -0.3 is 10.4 Å². The highest BCUT2D eigenvalue weighted by Gasteiger charge is 2.00. The number of nitriles is 1. The van der Waals surface area contributed by atoms with Crippen molar-refractivity contribution in [3.8, 4) is 6.07 Å². The van der Waals surface area contributed by atoms with E-state index in [1.165, 1.54) is 0 Å². The topological polar surface area (TPSA) is 68.9 Å². The van der Waals surface area contributed by atoms with Gasteiger partial charge in [-0.1, -0.05) is 0 Å². The van der Waals surface area contributed by atoms with Crippen molar-refractivity contribution < 1.29 is 5.11 Å². The van der Waals surface area contributed by atoms with E-state index in [1.54, 1.807) is 25.4 Å². The van der Waals surface area contributed by atoms with Crippen LogP contribution in [0.2, 0.25) is 0 Å². The molecule has 1 heterocycles. The summed E-state index contributed by atoms with van der Waals surface area (Å²) in [5.41, 5.74) is 1.29. The van der Waals surface area contributed by atoms with Gasteiger partial charge in [-0.2, -0.15) is 5.26 Å². The average molecular weight is 191 g/mol. The molecule has 0 fully saturated rings. The van der Waals surface area contributed by atoms with Crippen LogP contribution in [0, 0.1) is 11.3 Å². The van der Waals surface area contributed by atoms with E-state index in [9.17, 15) is 0 Å². The molecule has 0 bridgehead atoms. The molecule has 0 amide bonds. The van der Waals surface area contributed by atoms with Crippen LogP contribution in [0.3, 0.4) is 0 Å². The second-order valence-electron chi connectivity index (χ2n) is 3.10. The minimum absolute atomic E-state index is 0.329. The lowest BCUT2D eigenvalue weighted by Gasteiger charge is -2.08. The fraction of sp³-hybridized carbons (Fsp3) is 0.400. The summed E-state index contributed by atoms with van der Waals surface area (Å²) in [5.74, 6) is 0. The SMILES string of the molecule is CC(O)CCNc1cnccc1C#N. The highest BCUT2D eigenvalue weighted by molar-refractivity contribution is 5.55. The zero-order chi connectivity index (χ0) is 10.4. The van der Waals surface area contributed by atoms with E-state index in [0.717, 1.165) is 5.69 Å². The molecule has 2 N–H and O–H groups in total. The number of anilines is 1. The van der Waals surface area contributed by atoms with Crippen LogP contribution in [-0.2, 0) is 0 Å². The van der Waals surface area contributed by atoms with E-state index >= 15 is 0 Å². The lowest BCUT2D eigenvalue weighted by molar-refractivity contribution is 0.189. The minimum atomic E-state index is -0.329. The Labute approximate surface area is 83.2 Å². The number of hydrogen-bond acceptors (Lipinski definition) is 4. The van der Waals surface area contributed by atoms with Gasteiger partial charge in [-0.3, -0.25) is 4.98 Å². The molecule has 0 saturated carbocycles. The van der Waals surface area contributed by atoms with Gasteiger partial charge in [-0.05, 0) is 19.4 Å². The molecule has 0 radical (unpaired) electrons. The van der Waals surface area contributed by atoms with Crippen molar-refractivity contribution >= 4 is 5.69 Å². The van der Waals surface area contributed by atoms with Crippen LogP contribution >= 0.6 is 0 Å². The van der Waals surface area contributed by atoms with Crippen LogP contribution < -0.4 is 5.32 Å². The smallest absolute Gasteiger partial charge is 0.101 e. The van der Waals surface area contributed by atoms with Gasteiger partial charge in [0.05, 0.1) is 23.6 Å². The lowest BCUT2D eigenvalue weighted by atomic mass is 10.2. The van der Waals surface area contributed by atoms with Crippen molar-refractivity contribution in [1.82, 2.24) is 4.98 Å². The summed E-state index contributed by atoms with van der Waals surface area (Å²) in [7, 11) is 0. The van der Waals surface area contributed by atoms with Crippen molar-refractivity contribution in [1.29, 1.82) is 5.26 Å². The maximum atomic E-state index is 9.04. The number of aromatic nitrogens is 1. The molecule has 4 nitrogen and oxygen atoms in total. The van der Waals surface area contributed by atoms with Crippen molar-refractivity contribution in [2.45, 2.75) is 19.4 Å². The molecule has 74 valence electrons. The van der Waals surface area contributed by atoms with E-state index < -0.39 is 0 Å². The molecule has 4 heteroatoms. The standard InChI is InChI=1S/C10H13N3O/c1-8(14)2-5-13-10-7-12-4-3-9(10)6-11/h3-4,7-8,13-14H,2,5H2,1H3. The number of aliphatic hydroxyl groups is 1. The zero-order valence-corrected chi connectivity index (χ0v) is 8.07. The molecule has 0 saturated heterocycles. The van der Waals surface area contributed by atoms with Gasteiger partial charge in [0.2, 0.25) is 0 Å². The number of pyridine rings is 1. The summed E-state index contributed by atoms with van der Waals surface area (Å²) in [6, 6.07) is 3.73. The van der Waals surface area contributed by atoms with Crippen LogP contribution in [0.1, 0.15) is 18.9 Å². The molecular weight excluding hydrogens is 178 g/mol. The fourth-order valence-electron chi connectivity index (χ4n) is 1.05. The van der Waals surface area contributed by atoms with Crippen LogP contribution in [0.15, 0.2) is 18.5 Å². The summed E-state index contributed by atoms with van der Waals surface area (Å²) in [6.45, 7) is 2.37. The van der Waals surface area contributed by atoms with Gasteiger partial charge in [0.1, 0.15) is 6.07 Å². The molecule has 1 rings (SSSR count). The predicted molar refractivity (Wildman–Crippen MR) is 53.7 cm³/mol. The zero-order valence-electron chi connectivity index (χ0n) is 8.07. The lowest BCUT2D eigenvalue weighted by Crippen LogP contribution is -2.10. The van der Waals surface area contributed by atoms with Gasteiger partial charge in [0.15, 0.2) is 0 Å². The highest BCUT2D eigenvalue weighted by atomic mass is 16.3. The normalized spacial score (nSPS) is 11.8. The van der Waals surface area contributed by atoms with Gasteiger partial charge in [-0.15, -0.1) is 0 Å². The summed E-state index contributed by atoms with van der Waals surface area (Å²) in [6.07, 6.45) is 3.52. The first-order valence-corrected chi connectivity index (χ1v) is 4.50. The molecule has 14 heavy (non-hydrogen) atoms. The number of rotatable bonds is 4. The highest BCUT2D eigenvalue weighted by Crippen LogP contribution is 2.11. The number of nitrogens with zero attached hydrogens (tertiary/aromatic N) is 2. The predicted octanol–water partition coefficient (Wildman–Crippen LogP) is 1.14. The Morgan fingerprint density at radius 3 is 3.14 bits per heavy atom. The Bertz CT molecular complexity index is 330. The monoisotopic (exact) mass is 191 g/mol. The van der Waals surface area contributed by atoms with Gasteiger partial charge in [0.25, 0.3) is 0 Å². The quantitative estimate of drug-likeness (QED) is 0.748. The molecule has 0 aliphatic heterocycles. The van der Waals surface area contributed by atoms with Gasteiger partial charge in [-0.25, -0.2) is 0 Å². The van der Waals surface area contributed by atoms with Crippen molar-refractivity contribution in [3.63, 3.8) is 0 Å². The molecular formula is C10H13N3O. The Kier molecular flexibility index (Phi) is 3.89. The van der Waals surface area contributed by atoms with Crippen LogP contribution in [0.5, 0.6) is 0 Å². The fourth-order valence-corrected chi connectivity index (χ4v) is 1.05. The first-order valence-electron chi connectivity index (χ1n) is 4.50. The second-order valence-corrected chi connectivity index (χ2v) is 3.10. The number of hydrogen-bond donors (Lipinski definition) is 2. The molecule has 0 aliphatic carbocycles. The summed E-state index contributed by atoms with van der Waals surface area (Å²) in [5, 5.41) is 20.8. The van der Waals surface area contributed by atoms with E-state index in [4.69, 9.17) is 10.4 Å². The molecule has 1 aromatic heterocycles. The Morgan fingerprint density at radius 1 is 1.71 bits per heavy atom. The van der Waals surface area contributed by atoms with Crippen LogP contribution in [0.4, 0.5) is 5.69 Å². The van der Waals surface area contributed by atoms with Crippen molar-refractivity contribution in [3.05, 3.63) is 24.0 Å². The second kappa shape index (κ2) is 5.20. The number of nitrogens with one attached hydrogen (secondary N) is 1. The third kappa shape index (κ3) is 3.04. The Morgan fingerprint density at radius 2 is 2.50 bits per heavy atom. The van der Waals surface area contributed by atoms with Crippen LogP contribution in [0.25, 0.3) is 0 Å². The maximum absolute atomic E-state index is 9.04. The molecule has 1 aromatic rings. The van der Waals surface area contributed by atoms with Crippen LogP contribution in [-0.4, -0.2) is 22.7 Å². The van der Waals surface area contributed by atoms with Crippen molar-refractivity contribution in [2.24, 2.45) is 0 Å². The molecule has 0 spiro atoms. The van der Waals surface area contributed by atoms with E-state index in [-0.39, 0.29) is 6.10 Å². The summed E-state index contributed by atoms with van der Waals surface area (Å²) < 4.78 is 0. The first kappa shape index (κ1) is 10.5. The van der Waals surface area contributed by atoms with Crippen molar-refractivity contribution in [2.75, 3.05) is 11.9 Å². The summed E-state index contributed by atoms with van der Waals surface area (Å²) >= 11 is 0. The third-order valence-electron chi connectivity index (χ3n) is 1.82. The van der Waals surface area contributed by atoms with Gasteiger partial charge >= 0.3 is 0 Å². The van der Waals surface area contributed by atoms with E-state index in [2.05, 4.69) is 16.4 Å². The van der Waals surface area contributed by atoms with E-state index in [1.807, 2.05) is 0 Å². The number of aliphatic hydroxyl groups excluding tert-OH is 1. The maximum Gasteiger partial charge on any atom is 0.101 e. The molecule has 0 aliphatic rings. The Hall–Kier alpha value is -1.60. The minimum Gasteiger partial charge on any atom is -0.393 e. The third-order valence-corrected chi connectivity index (χ3v) is 1.82. The summed E-state index contributed by atoms with van der Waals surface area (Å²) in [4.78, 5) is 3.91. The Balaban J connectivity index is 2.54. The first-order chi connectivity index (χ1) is 6.74. The molecule has 1 unspecified atom stereocenters. The van der Waals surface area contributed by atoms with Gasteiger partial charge in [0, 0.05) is 12.7 Å². The largest absolute Gasteiger partial charge is 0.393 e. The average Bonchev–Trinajstić information content (AvgIpc) is 2.18.